The zero-order valence-corrected chi connectivity index (χ0v) is 10.0. The molecule has 1 unspecified atom stereocenters. The van der Waals surface area contributed by atoms with Crippen LogP contribution in [0.3, 0.4) is 0 Å². The first-order valence-electron chi connectivity index (χ1n) is 5.51. The van der Waals surface area contributed by atoms with Crippen LogP contribution < -0.4 is 4.90 Å². The minimum Gasteiger partial charge on any atom is -0.369 e. The molecule has 2 heterocycles. The number of nitrogens with zero attached hydrogens (tertiary/aromatic N) is 3. The molecule has 0 amide bonds. The molecule has 4 heteroatoms. The van der Waals surface area contributed by atoms with Crippen LogP contribution in [0.4, 0.5) is 5.69 Å². The number of aromatic nitrogens is 1. The summed E-state index contributed by atoms with van der Waals surface area (Å²) in [5, 5.41) is 9.43. The monoisotopic (exact) mass is 235 g/mol. The number of anilines is 1. The molecule has 3 nitrogen and oxygen atoms in total. The van der Waals surface area contributed by atoms with E-state index in [1.165, 1.54) is 19.0 Å². The molecule has 1 aliphatic rings. The first-order valence-corrected chi connectivity index (χ1v) is 5.88. The van der Waals surface area contributed by atoms with Gasteiger partial charge < -0.3 is 4.90 Å². The standard InChI is InChI=1S/C12H14ClN3/c1-9-3-2-4-16(8-9)11-7-15-6-10(5-14)12(11)13/h6-7,9H,2-4,8H2,1H3. The molecule has 0 aliphatic carbocycles. The Balaban J connectivity index is 2.30. The van der Waals surface area contributed by atoms with Gasteiger partial charge in [0.25, 0.3) is 0 Å². The molecular weight excluding hydrogens is 222 g/mol. The molecule has 1 saturated heterocycles. The summed E-state index contributed by atoms with van der Waals surface area (Å²) in [5.74, 6) is 0.676. The van der Waals surface area contributed by atoms with Crippen LogP contribution in [0, 0.1) is 17.2 Å². The van der Waals surface area contributed by atoms with Gasteiger partial charge >= 0.3 is 0 Å². The Morgan fingerprint density at radius 1 is 1.56 bits per heavy atom. The summed E-state index contributed by atoms with van der Waals surface area (Å²) in [6.07, 6.45) is 5.70. The van der Waals surface area contributed by atoms with Gasteiger partial charge in [-0.05, 0) is 18.8 Å². The zero-order chi connectivity index (χ0) is 11.5. The van der Waals surface area contributed by atoms with Crippen molar-refractivity contribution in [2.75, 3.05) is 18.0 Å². The second-order valence-corrected chi connectivity index (χ2v) is 4.70. The topological polar surface area (TPSA) is 39.9 Å². The number of hydrogen-bond acceptors (Lipinski definition) is 3. The molecule has 16 heavy (non-hydrogen) atoms. The van der Waals surface area contributed by atoms with Crippen molar-refractivity contribution in [3.8, 4) is 6.07 Å². The molecule has 0 bridgehead atoms. The van der Waals surface area contributed by atoms with E-state index in [0.717, 1.165) is 18.8 Å². The summed E-state index contributed by atoms with van der Waals surface area (Å²) in [6.45, 7) is 4.23. The highest BCUT2D eigenvalue weighted by atomic mass is 35.5. The predicted molar refractivity (Wildman–Crippen MR) is 64.6 cm³/mol. The Kier molecular flexibility index (Phi) is 3.31. The molecule has 84 valence electrons. The number of nitriles is 1. The van der Waals surface area contributed by atoms with Crippen molar-refractivity contribution in [1.82, 2.24) is 4.98 Å². The van der Waals surface area contributed by atoms with E-state index in [1.54, 1.807) is 6.20 Å². The second kappa shape index (κ2) is 4.71. The predicted octanol–water partition coefficient (Wildman–Crippen LogP) is 2.84. The summed E-state index contributed by atoms with van der Waals surface area (Å²) < 4.78 is 0. The average Bonchev–Trinajstić information content (AvgIpc) is 2.29. The van der Waals surface area contributed by atoms with E-state index >= 15 is 0 Å². The molecule has 1 aromatic heterocycles. The molecule has 0 aromatic carbocycles. The molecule has 0 radical (unpaired) electrons. The van der Waals surface area contributed by atoms with Crippen molar-refractivity contribution < 1.29 is 0 Å². The molecule has 1 fully saturated rings. The number of halogens is 1. The van der Waals surface area contributed by atoms with E-state index in [-0.39, 0.29) is 0 Å². The van der Waals surface area contributed by atoms with Gasteiger partial charge in [-0.1, -0.05) is 18.5 Å². The Bertz CT molecular complexity index is 425. The van der Waals surface area contributed by atoms with Crippen LogP contribution >= 0.6 is 11.6 Å². The largest absolute Gasteiger partial charge is 0.369 e. The highest BCUT2D eigenvalue weighted by Crippen LogP contribution is 2.30. The fourth-order valence-corrected chi connectivity index (χ4v) is 2.40. The molecule has 2 rings (SSSR count). The summed E-state index contributed by atoms with van der Waals surface area (Å²) in [6, 6.07) is 2.06. The lowest BCUT2D eigenvalue weighted by Gasteiger charge is -2.33. The average molecular weight is 236 g/mol. The van der Waals surface area contributed by atoms with Crippen molar-refractivity contribution in [3.63, 3.8) is 0 Å². The van der Waals surface area contributed by atoms with Crippen LogP contribution in [-0.2, 0) is 0 Å². The fraction of sp³-hybridized carbons (Fsp3) is 0.500. The number of rotatable bonds is 1. The van der Waals surface area contributed by atoms with E-state index in [0.29, 0.717) is 16.5 Å². The van der Waals surface area contributed by atoms with Crippen molar-refractivity contribution in [1.29, 1.82) is 5.26 Å². The molecule has 1 atom stereocenters. The quantitative estimate of drug-likeness (QED) is 0.752. The smallest absolute Gasteiger partial charge is 0.102 e. The zero-order valence-electron chi connectivity index (χ0n) is 9.28. The Labute approximate surface area is 101 Å². The van der Waals surface area contributed by atoms with Crippen molar-refractivity contribution in [2.45, 2.75) is 19.8 Å². The van der Waals surface area contributed by atoms with E-state index in [2.05, 4.69) is 22.9 Å². The minimum atomic E-state index is 0.456. The van der Waals surface area contributed by atoms with Gasteiger partial charge in [-0.25, -0.2) is 0 Å². The second-order valence-electron chi connectivity index (χ2n) is 4.33. The van der Waals surface area contributed by atoms with Crippen LogP contribution in [0.5, 0.6) is 0 Å². The maximum Gasteiger partial charge on any atom is 0.102 e. The SMILES string of the molecule is CC1CCCN(c2cncc(C#N)c2Cl)C1. The number of piperidine rings is 1. The van der Waals surface area contributed by atoms with Crippen molar-refractivity contribution >= 4 is 17.3 Å². The lowest BCUT2D eigenvalue weighted by molar-refractivity contribution is 0.446. The Hall–Kier alpha value is -1.27. The van der Waals surface area contributed by atoms with Crippen LogP contribution in [0.2, 0.25) is 5.02 Å². The molecular formula is C12H14ClN3. The number of pyridine rings is 1. The minimum absolute atomic E-state index is 0.456. The maximum absolute atomic E-state index is 8.90. The fourth-order valence-electron chi connectivity index (χ4n) is 2.14. The highest BCUT2D eigenvalue weighted by Gasteiger charge is 2.19. The van der Waals surface area contributed by atoms with Gasteiger partial charge in [0, 0.05) is 19.3 Å². The summed E-state index contributed by atoms with van der Waals surface area (Å²) in [7, 11) is 0. The normalized spacial score (nSPS) is 20.6. The van der Waals surface area contributed by atoms with Crippen molar-refractivity contribution in [3.05, 3.63) is 23.0 Å². The van der Waals surface area contributed by atoms with Crippen LogP contribution in [0.25, 0.3) is 0 Å². The Morgan fingerprint density at radius 3 is 3.06 bits per heavy atom. The molecule has 1 aromatic rings. The van der Waals surface area contributed by atoms with Gasteiger partial charge in [-0.2, -0.15) is 5.26 Å². The van der Waals surface area contributed by atoms with Gasteiger partial charge in [0.15, 0.2) is 0 Å². The highest BCUT2D eigenvalue weighted by molar-refractivity contribution is 6.34. The molecule has 0 saturated carbocycles. The van der Waals surface area contributed by atoms with Crippen molar-refractivity contribution in [2.24, 2.45) is 5.92 Å². The van der Waals surface area contributed by atoms with E-state index in [4.69, 9.17) is 16.9 Å². The third-order valence-electron chi connectivity index (χ3n) is 2.98. The third kappa shape index (κ3) is 2.12. The molecule has 1 aliphatic heterocycles. The lowest BCUT2D eigenvalue weighted by atomic mass is 10.00. The summed E-state index contributed by atoms with van der Waals surface area (Å²) >= 11 is 6.19. The summed E-state index contributed by atoms with van der Waals surface area (Å²) in [4.78, 5) is 6.29. The van der Waals surface area contributed by atoms with Crippen LogP contribution in [0.1, 0.15) is 25.3 Å². The van der Waals surface area contributed by atoms with E-state index in [9.17, 15) is 0 Å². The van der Waals surface area contributed by atoms with Gasteiger partial charge in [0.2, 0.25) is 0 Å². The van der Waals surface area contributed by atoms with E-state index in [1.807, 2.05) is 0 Å². The molecule has 0 N–H and O–H groups in total. The van der Waals surface area contributed by atoms with Crippen LogP contribution in [0.15, 0.2) is 12.4 Å². The van der Waals surface area contributed by atoms with Gasteiger partial charge in [-0.15, -0.1) is 0 Å². The number of hydrogen-bond donors (Lipinski definition) is 0. The first kappa shape index (κ1) is 11.2. The van der Waals surface area contributed by atoms with Crippen LogP contribution in [-0.4, -0.2) is 18.1 Å². The van der Waals surface area contributed by atoms with Gasteiger partial charge in [0.05, 0.1) is 22.5 Å². The lowest BCUT2D eigenvalue weighted by Crippen LogP contribution is -2.34. The van der Waals surface area contributed by atoms with Gasteiger partial charge in [0.1, 0.15) is 6.07 Å². The summed E-state index contributed by atoms with van der Waals surface area (Å²) in [5.41, 5.74) is 1.35. The first-order chi connectivity index (χ1) is 7.72. The molecule has 0 spiro atoms. The van der Waals surface area contributed by atoms with E-state index < -0.39 is 0 Å². The maximum atomic E-state index is 8.90. The van der Waals surface area contributed by atoms with Gasteiger partial charge in [-0.3, -0.25) is 4.98 Å². The Morgan fingerprint density at radius 2 is 2.38 bits per heavy atom. The third-order valence-corrected chi connectivity index (χ3v) is 3.38.